The third kappa shape index (κ3) is 6.08. The fourth-order valence-corrected chi connectivity index (χ4v) is 3.73. The van der Waals surface area contributed by atoms with Crippen molar-refractivity contribution in [2.24, 2.45) is 0 Å². The Hall–Kier alpha value is -1.46. The van der Waals surface area contributed by atoms with E-state index in [9.17, 15) is 28.1 Å². The summed E-state index contributed by atoms with van der Waals surface area (Å²) in [6, 6.07) is 3.32. The second-order valence-corrected chi connectivity index (χ2v) is 7.56. The number of thioether (sulfide) groups is 2. The van der Waals surface area contributed by atoms with E-state index in [1.807, 2.05) is 7.05 Å². The summed E-state index contributed by atoms with van der Waals surface area (Å²) in [5.74, 6) is -0.128. The molecule has 1 aromatic rings. The summed E-state index contributed by atoms with van der Waals surface area (Å²) >= 11 is 0.562. The van der Waals surface area contributed by atoms with Crippen molar-refractivity contribution in [3.8, 4) is 0 Å². The van der Waals surface area contributed by atoms with E-state index in [2.05, 4.69) is 4.90 Å². The molecule has 0 bridgehead atoms. The zero-order chi connectivity index (χ0) is 18.6. The van der Waals surface area contributed by atoms with Gasteiger partial charge < -0.3 is 9.80 Å². The minimum atomic E-state index is -4.51. The third-order valence-electron chi connectivity index (χ3n) is 3.57. The molecule has 1 amide bonds. The van der Waals surface area contributed by atoms with Gasteiger partial charge in [0.05, 0.1) is 15.6 Å². The first kappa shape index (κ1) is 19.9. The summed E-state index contributed by atoms with van der Waals surface area (Å²) < 4.78 is 37.2. The number of hydrogen-bond acceptors (Lipinski definition) is 6. The van der Waals surface area contributed by atoms with Gasteiger partial charge in [-0.25, -0.2) is 0 Å². The molecule has 1 saturated heterocycles. The molecular weight excluding hydrogens is 379 g/mol. The van der Waals surface area contributed by atoms with Gasteiger partial charge in [-0.2, -0.15) is 13.2 Å². The molecule has 138 valence electrons. The van der Waals surface area contributed by atoms with Crippen molar-refractivity contribution >= 4 is 35.1 Å². The normalized spacial score (nSPS) is 16.1. The Bertz CT molecular complexity index is 650. The van der Waals surface area contributed by atoms with Gasteiger partial charge in [-0.15, -0.1) is 11.8 Å². The molecule has 0 aromatic heterocycles. The van der Waals surface area contributed by atoms with Crippen molar-refractivity contribution in [1.82, 2.24) is 9.80 Å². The Morgan fingerprint density at radius 3 is 2.48 bits per heavy atom. The van der Waals surface area contributed by atoms with Gasteiger partial charge in [-0.3, -0.25) is 14.9 Å². The lowest BCUT2D eigenvalue weighted by Gasteiger charge is -2.32. The number of piperazine rings is 1. The molecule has 0 saturated carbocycles. The van der Waals surface area contributed by atoms with E-state index in [4.69, 9.17) is 0 Å². The predicted molar refractivity (Wildman–Crippen MR) is 89.8 cm³/mol. The number of nitro groups is 1. The summed E-state index contributed by atoms with van der Waals surface area (Å²) in [5.41, 5.74) is -4.94. The van der Waals surface area contributed by atoms with Crippen molar-refractivity contribution in [3.63, 3.8) is 0 Å². The molecule has 1 heterocycles. The summed E-state index contributed by atoms with van der Waals surface area (Å²) in [7, 11) is 1.96. The summed E-state index contributed by atoms with van der Waals surface area (Å²) in [6.07, 6.45) is 0. The van der Waals surface area contributed by atoms with E-state index in [-0.39, 0.29) is 21.5 Å². The van der Waals surface area contributed by atoms with Gasteiger partial charge in [0, 0.05) is 37.1 Å². The van der Waals surface area contributed by atoms with Gasteiger partial charge in [-0.1, -0.05) is 0 Å². The first-order valence-corrected chi connectivity index (χ1v) is 9.09. The molecule has 6 nitrogen and oxygen atoms in total. The zero-order valence-electron chi connectivity index (χ0n) is 13.3. The third-order valence-corrected chi connectivity index (χ3v) is 5.34. The molecule has 0 aliphatic carbocycles. The Morgan fingerprint density at radius 1 is 1.28 bits per heavy atom. The largest absolute Gasteiger partial charge is 0.446 e. The number of likely N-dealkylation sites (N-methyl/N-ethyl adjacent to an activating group) is 1. The van der Waals surface area contributed by atoms with E-state index in [1.54, 1.807) is 4.90 Å². The number of halogens is 3. The van der Waals surface area contributed by atoms with Crippen LogP contribution in [0.5, 0.6) is 0 Å². The highest BCUT2D eigenvalue weighted by molar-refractivity contribution is 8.00. The maximum Gasteiger partial charge on any atom is 0.446 e. The summed E-state index contributed by atoms with van der Waals surface area (Å²) in [4.78, 5) is 26.3. The second kappa shape index (κ2) is 8.28. The average molecular weight is 395 g/mol. The zero-order valence-corrected chi connectivity index (χ0v) is 14.9. The fraction of sp³-hybridized carbons (Fsp3) is 0.500. The van der Waals surface area contributed by atoms with Crippen LogP contribution in [0.3, 0.4) is 0 Å². The highest BCUT2D eigenvalue weighted by atomic mass is 32.2. The second-order valence-electron chi connectivity index (χ2n) is 5.41. The molecule has 1 aliphatic rings. The van der Waals surface area contributed by atoms with Crippen LogP contribution in [-0.4, -0.2) is 65.1 Å². The van der Waals surface area contributed by atoms with Gasteiger partial charge in [0.1, 0.15) is 0 Å². The van der Waals surface area contributed by atoms with E-state index < -0.39 is 27.9 Å². The monoisotopic (exact) mass is 395 g/mol. The van der Waals surface area contributed by atoms with Gasteiger partial charge >= 0.3 is 5.51 Å². The molecule has 0 radical (unpaired) electrons. The minimum absolute atomic E-state index is 0.0102. The first-order valence-electron chi connectivity index (χ1n) is 7.29. The molecule has 0 spiro atoms. The average Bonchev–Trinajstić information content (AvgIpc) is 2.52. The van der Waals surface area contributed by atoms with Crippen molar-refractivity contribution in [1.29, 1.82) is 0 Å². The number of nitro benzene ring substituents is 1. The van der Waals surface area contributed by atoms with Crippen LogP contribution in [0.1, 0.15) is 0 Å². The molecule has 25 heavy (non-hydrogen) atoms. The molecule has 1 fully saturated rings. The number of alkyl halides is 3. The highest BCUT2D eigenvalue weighted by Gasteiger charge is 2.30. The standard InChI is InChI=1S/C14H16F3N3O3S2/c1-18-4-6-19(7-5-18)13(21)9-24-12-3-2-10(25-14(15,16)17)8-11(12)20(22)23/h2-3,8H,4-7,9H2,1H3. The van der Waals surface area contributed by atoms with Gasteiger partial charge in [-0.05, 0) is 30.9 Å². The lowest BCUT2D eigenvalue weighted by Crippen LogP contribution is -2.47. The predicted octanol–water partition coefficient (Wildman–Crippen LogP) is 3.07. The number of carbonyl (C=O) groups excluding carboxylic acids is 1. The Kier molecular flexibility index (Phi) is 6.58. The number of benzene rings is 1. The van der Waals surface area contributed by atoms with Gasteiger partial charge in [0.2, 0.25) is 5.91 Å². The molecule has 1 aromatic carbocycles. The van der Waals surface area contributed by atoms with Crippen LogP contribution in [0.25, 0.3) is 0 Å². The van der Waals surface area contributed by atoms with E-state index in [1.165, 1.54) is 12.1 Å². The maximum atomic E-state index is 12.4. The lowest BCUT2D eigenvalue weighted by atomic mass is 10.3. The van der Waals surface area contributed by atoms with Crippen molar-refractivity contribution in [2.45, 2.75) is 15.3 Å². The van der Waals surface area contributed by atoms with Crippen LogP contribution in [0, 0.1) is 10.1 Å². The van der Waals surface area contributed by atoms with E-state index >= 15 is 0 Å². The Balaban J connectivity index is 2.03. The van der Waals surface area contributed by atoms with Crippen LogP contribution < -0.4 is 0 Å². The number of rotatable bonds is 5. The SMILES string of the molecule is CN1CCN(C(=O)CSc2ccc(SC(F)(F)F)cc2[N+](=O)[O-])CC1. The highest BCUT2D eigenvalue weighted by Crippen LogP contribution is 2.40. The van der Waals surface area contributed by atoms with Crippen molar-refractivity contribution in [3.05, 3.63) is 28.3 Å². The molecule has 0 atom stereocenters. The fourth-order valence-electron chi connectivity index (χ4n) is 2.25. The molecule has 11 heteroatoms. The van der Waals surface area contributed by atoms with Crippen LogP contribution in [0.4, 0.5) is 18.9 Å². The van der Waals surface area contributed by atoms with Gasteiger partial charge in [0.15, 0.2) is 0 Å². The number of carbonyl (C=O) groups is 1. The number of amides is 1. The topological polar surface area (TPSA) is 66.7 Å². The Morgan fingerprint density at radius 2 is 1.92 bits per heavy atom. The van der Waals surface area contributed by atoms with Crippen LogP contribution >= 0.6 is 23.5 Å². The molecule has 2 rings (SSSR count). The smallest absolute Gasteiger partial charge is 0.339 e. The van der Waals surface area contributed by atoms with Crippen LogP contribution in [0.15, 0.2) is 28.0 Å². The molecule has 1 aliphatic heterocycles. The first-order chi connectivity index (χ1) is 11.7. The van der Waals surface area contributed by atoms with Crippen LogP contribution in [-0.2, 0) is 4.79 Å². The van der Waals surface area contributed by atoms with E-state index in [0.29, 0.717) is 13.1 Å². The van der Waals surface area contributed by atoms with Crippen LogP contribution in [0.2, 0.25) is 0 Å². The molecule has 0 unspecified atom stereocenters. The summed E-state index contributed by atoms with van der Waals surface area (Å²) in [5, 5.41) is 11.1. The number of hydrogen-bond donors (Lipinski definition) is 0. The molecular formula is C14H16F3N3O3S2. The maximum absolute atomic E-state index is 12.4. The van der Waals surface area contributed by atoms with E-state index in [0.717, 1.165) is 30.9 Å². The lowest BCUT2D eigenvalue weighted by molar-refractivity contribution is -0.387. The minimum Gasteiger partial charge on any atom is -0.339 e. The van der Waals surface area contributed by atoms with Gasteiger partial charge in [0.25, 0.3) is 5.69 Å². The quantitative estimate of drug-likeness (QED) is 0.434. The van der Waals surface area contributed by atoms with Crippen molar-refractivity contribution in [2.75, 3.05) is 39.0 Å². The number of nitrogens with zero attached hydrogens (tertiary/aromatic N) is 3. The van der Waals surface area contributed by atoms with Crippen molar-refractivity contribution < 1.29 is 22.9 Å². The summed E-state index contributed by atoms with van der Waals surface area (Å²) in [6.45, 7) is 2.72. The molecule has 0 N–H and O–H groups in total. The Labute approximate surface area is 150 Å².